The smallest absolute Gasteiger partial charge is 0.337 e. The number of esters is 1. The summed E-state index contributed by atoms with van der Waals surface area (Å²) < 4.78 is 4.65. The van der Waals surface area contributed by atoms with Crippen LogP contribution in [0.25, 0.3) is 0 Å². The maximum absolute atomic E-state index is 12.1. The molecule has 0 saturated carbocycles. The number of carbonyl (C=O) groups excluding carboxylic acids is 2. The van der Waals surface area contributed by atoms with Crippen LogP contribution >= 0.6 is 11.6 Å². The molecule has 2 rings (SSSR count). The summed E-state index contributed by atoms with van der Waals surface area (Å²) in [6, 6.07) is 14.6. The molecule has 2 N–H and O–H groups in total. The van der Waals surface area contributed by atoms with Gasteiger partial charge < -0.3 is 15.0 Å². The molecule has 2 aromatic rings. The number of nitrogens with one attached hydrogen (secondary N) is 2. The van der Waals surface area contributed by atoms with Crippen LogP contribution < -0.4 is 10.2 Å². The summed E-state index contributed by atoms with van der Waals surface area (Å²) in [4.78, 5) is 24.5. The number of likely N-dealkylation sites (N-methyl/N-ethyl adjacent to an activating group) is 1. The summed E-state index contributed by atoms with van der Waals surface area (Å²) in [5.74, 6) is -0.404. The minimum atomic E-state index is -0.373. The molecule has 5 nitrogen and oxygen atoms in total. The Morgan fingerprint density at radius 1 is 1.12 bits per heavy atom. The first-order chi connectivity index (χ1) is 12.0. The number of quaternary nitrogens is 1. The molecule has 2 aromatic carbocycles. The highest BCUT2D eigenvalue weighted by Gasteiger charge is 2.11. The zero-order valence-electron chi connectivity index (χ0n) is 14.3. The van der Waals surface area contributed by atoms with Crippen molar-refractivity contribution in [3.63, 3.8) is 0 Å². The second-order valence-electron chi connectivity index (χ2n) is 5.91. The molecule has 1 atom stereocenters. The van der Waals surface area contributed by atoms with Gasteiger partial charge >= 0.3 is 5.97 Å². The lowest BCUT2D eigenvalue weighted by molar-refractivity contribution is -0.885. The fourth-order valence-electron chi connectivity index (χ4n) is 2.47. The van der Waals surface area contributed by atoms with Gasteiger partial charge in [-0.25, -0.2) is 4.79 Å². The third-order valence-corrected chi connectivity index (χ3v) is 3.96. The van der Waals surface area contributed by atoms with Gasteiger partial charge in [-0.05, 0) is 29.8 Å². The first-order valence-corrected chi connectivity index (χ1v) is 8.35. The van der Waals surface area contributed by atoms with Gasteiger partial charge in [-0.15, -0.1) is 0 Å². The van der Waals surface area contributed by atoms with Crippen molar-refractivity contribution in [2.45, 2.75) is 13.1 Å². The predicted octanol–water partition coefficient (Wildman–Crippen LogP) is 1.46. The molecule has 0 aliphatic rings. The molecule has 0 heterocycles. The van der Waals surface area contributed by atoms with Crippen LogP contribution in [0, 0.1) is 0 Å². The fourth-order valence-corrected chi connectivity index (χ4v) is 2.68. The average molecular weight is 362 g/mol. The van der Waals surface area contributed by atoms with Gasteiger partial charge in [-0.1, -0.05) is 35.9 Å². The van der Waals surface area contributed by atoms with Crippen molar-refractivity contribution in [1.82, 2.24) is 5.32 Å². The van der Waals surface area contributed by atoms with Crippen LogP contribution in [0.3, 0.4) is 0 Å². The normalized spacial score (nSPS) is 11.6. The van der Waals surface area contributed by atoms with E-state index >= 15 is 0 Å². The van der Waals surface area contributed by atoms with E-state index in [-0.39, 0.29) is 11.9 Å². The van der Waals surface area contributed by atoms with Crippen LogP contribution in [0.5, 0.6) is 0 Å². The Bertz CT molecular complexity index is 732. The van der Waals surface area contributed by atoms with E-state index in [2.05, 4.69) is 10.1 Å². The van der Waals surface area contributed by atoms with Gasteiger partial charge in [0.05, 0.1) is 19.7 Å². The van der Waals surface area contributed by atoms with Crippen LogP contribution in [0.4, 0.5) is 0 Å². The molecule has 0 bridgehead atoms. The van der Waals surface area contributed by atoms with Crippen molar-refractivity contribution in [2.24, 2.45) is 0 Å². The van der Waals surface area contributed by atoms with Gasteiger partial charge in [0.1, 0.15) is 6.54 Å². The summed E-state index contributed by atoms with van der Waals surface area (Å²) >= 11 is 5.97. The van der Waals surface area contributed by atoms with Gasteiger partial charge in [0, 0.05) is 17.1 Å². The van der Waals surface area contributed by atoms with Crippen molar-refractivity contribution in [3.05, 3.63) is 70.2 Å². The molecule has 0 fully saturated rings. The van der Waals surface area contributed by atoms with Crippen molar-refractivity contribution >= 4 is 23.5 Å². The van der Waals surface area contributed by atoms with Gasteiger partial charge in [0.2, 0.25) is 0 Å². The number of ether oxygens (including phenoxy) is 1. The van der Waals surface area contributed by atoms with E-state index in [9.17, 15) is 9.59 Å². The zero-order valence-corrected chi connectivity index (χ0v) is 15.1. The van der Waals surface area contributed by atoms with Crippen LogP contribution in [0.15, 0.2) is 48.5 Å². The minimum Gasteiger partial charge on any atom is -0.465 e. The number of rotatable bonds is 7. The number of amides is 1. The Morgan fingerprint density at radius 3 is 2.48 bits per heavy atom. The third kappa shape index (κ3) is 6.21. The highest BCUT2D eigenvalue weighted by Crippen LogP contribution is 2.09. The van der Waals surface area contributed by atoms with Crippen LogP contribution in [0.2, 0.25) is 5.02 Å². The molecular weight excluding hydrogens is 340 g/mol. The summed E-state index contributed by atoms with van der Waals surface area (Å²) in [6.45, 7) is 1.51. The molecule has 25 heavy (non-hydrogen) atoms. The van der Waals surface area contributed by atoms with Gasteiger partial charge in [-0.2, -0.15) is 0 Å². The largest absolute Gasteiger partial charge is 0.465 e. The van der Waals surface area contributed by atoms with Gasteiger partial charge in [0.25, 0.3) is 5.91 Å². The molecule has 1 unspecified atom stereocenters. The molecular formula is C19H22ClN2O3+. The lowest BCUT2D eigenvalue weighted by atomic mass is 10.1. The van der Waals surface area contributed by atoms with Crippen molar-refractivity contribution in [3.8, 4) is 0 Å². The Kier molecular flexibility index (Phi) is 6.98. The molecule has 0 spiro atoms. The number of methoxy groups -OCH3 is 1. The molecule has 0 aliphatic heterocycles. The van der Waals surface area contributed by atoms with E-state index in [0.29, 0.717) is 23.7 Å². The van der Waals surface area contributed by atoms with E-state index in [1.165, 1.54) is 7.11 Å². The Morgan fingerprint density at radius 2 is 1.84 bits per heavy atom. The maximum atomic E-state index is 12.1. The summed E-state index contributed by atoms with van der Waals surface area (Å²) in [7, 11) is 3.31. The summed E-state index contributed by atoms with van der Waals surface area (Å²) in [5, 5.41) is 3.59. The highest BCUT2D eigenvalue weighted by molar-refractivity contribution is 6.30. The second-order valence-corrected chi connectivity index (χ2v) is 6.34. The summed E-state index contributed by atoms with van der Waals surface area (Å²) in [5.41, 5.74) is 2.51. The zero-order chi connectivity index (χ0) is 18.2. The molecule has 0 aromatic heterocycles. The van der Waals surface area contributed by atoms with E-state index < -0.39 is 0 Å². The molecule has 0 radical (unpaired) electrons. The lowest BCUT2D eigenvalue weighted by Gasteiger charge is -2.14. The number of benzene rings is 2. The molecule has 0 saturated heterocycles. The topological polar surface area (TPSA) is 59.8 Å². The minimum absolute atomic E-state index is 0.0310. The molecule has 6 heteroatoms. The second kappa shape index (κ2) is 9.20. The Balaban J connectivity index is 1.79. The van der Waals surface area contributed by atoms with Crippen LogP contribution in [0.1, 0.15) is 21.5 Å². The number of carbonyl (C=O) groups is 2. The Labute approximate surface area is 152 Å². The number of halogens is 1. The predicted molar refractivity (Wildman–Crippen MR) is 96.5 cm³/mol. The molecule has 0 aliphatic carbocycles. The van der Waals surface area contributed by atoms with Crippen molar-refractivity contribution < 1.29 is 19.2 Å². The van der Waals surface area contributed by atoms with E-state index in [1.807, 2.05) is 31.3 Å². The summed E-state index contributed by atoms with van der Waals surface area (Å²) in [6.07, 6.45) is 0. The third-order valence-electron chi connectivity index (χ3n) is 3.72. The van der Waals surface area contributed by atoms with Gasteiger partial charge in [0.15, 0.2) is 6.54 Å². The quantitative estimate of drug-likeness (QED) is 0.734. The standard InChI is InChI=1S/C19H21ClN2O3/c1-22(12-15-4-3-5-17(20)10-15)13-18(23)21-11-14-6-8-16(9-7-14)19(24)25-2/h3-10H,11-13H2,1-2H3,(H,21,23)/p+1. The molecule has 132 valence electrons. The SMILES string of the molecule is COC(=O)c1ccc(CNC(=O)C[NH+](C)Cc2cccc(Cl)c2)cc1. The number of hydrogen-bond acceptors (Lipinski definition) is 3. The van der Waals surface area contributed by atoms with Crippen molar-refractivity contribution in [1.29, 1.82) is 0 Å². The number of hydrogen-bond donors (Lipinski definition) is 2. The Hall–Kier alpha value is -2.37. The lowest BCUT2D eigenvalue weighted by Crippen LogP contribution is -3.08. The van der Waals surface area contributed by atoms with E-state index in [1.54, 1.807) is 24.3 Å². The van der Waals surface area contributed by atoms with E-state index in [0.717, 1.165) is 22.6 Å². The average Bonchev–Trinajstić information content (AvgIpc) is 2.59. The van der Waals surface area contributed by atoms with Crippen LogP contribution in [-0.4, -0.2) is 32.6 Å². The first kappa shape index (κ1) is 19.0. The monoisotopic (exact) mass is 361 g/mol. The van der Waals surface area contributed by atoms with Gasteiger partial charge in [-0.3, -0.25) is 4.79 Å². The maximum Gasteiger partial charge on any atom is 0.337 e. The fraction of sp³-hybridized carbons (Fsp3) is 0.263. The first-order valence-electron chi connectivity index (χ1n) is 7.97. The van der Waals surface area contributed by atoms with Crippen LogP contribution in [-0.2, 0) is 22.6 Å². The van der Waals surface area contributed by atoms with E-state index in [4.69, 9.17) is 11.6 Å². The highest BCUT2D eigenvalue weighted by atomic mass is 35.5. The molecule has 1 amide bonds. The van der Waals surface area contributed by atoms with Crippen molar-refractivity contribution in [2.75, 3.05) is 20.7 Å².